The van der Waals surface area contributed by atoms with Crippen molar-refractivity contribution < 1.29 is 19.1 Å². The lowest BCUT2D eigenvalue weighted by atomic mass is 10.2. The monoisotopic (exact) mass is 274 g/mol. The highest BCUT2D eigenvalue weighted by atomic mass is 32.1. The minimum atomic E-state index is -4.19. The van der Waals surface area contributed by atoms with Crippen LogP contribution in [0.15, 0.2) is 12.1 Å². The summed E-state index contributed by atoms with van der Waals surface area (Å²) in [4.78, 5) is 21.6. The lowest BCUT2D eigenvalue weighted by molar-refractivity contribution is 0.302. The van der Waals surface area contributed by atoms with Crippen molar-refractivity contribution in [3.05, 3.63) is 17.7 Å². The van der Waals surface area contributed by atoms with Gasteiger partial charge in [0, 0.05) is 0 Å². The fourth-order valence-electron chi connectivity index (χ4n) is 1.40. The number of aryl methyl sites for hydroxylation is 1. The molecule has 4 N–H and O–H groups in total. The van der Waals surface area contributed by atoms with Gasteiger partial charge in [-0.25, -0.2) is 4.98 Å². The van der Waals surface area contributed by atoms with Crippen molar-refractivity contribution in [2.45, 2.75) is 6.92 Å². The van der Waals surface area contributed by atoms with E-state index in [1.807, 2.05) is 6.92 Å². The Hall–Kier alpha value is -1.14. The van der Waals surface area contributed by atoms with Crippen LogP contribution in [0.3, 0.4) is 0 Å². The minimum absolute atomic E-state index is 0.335. The number of thiazole rings is 1. The van der Waals surface area contributed by atoms with Crippen LogP contribution in [0.2, 0.25) is 0 Å². The zero-order valence-corrected chi connectivity index (χ0v) is 10.7. The number of benzene rings is 1. The number of ether oxygens (including phenoxy) is 1. The van der Waals surface area contributed by atoms with Gasteiger partial charge in [-0.15, -0.1) is 0 Å². The second kappa shape index (κ2) is 4.27. The van der Waals surface area contributed by atoms with Gasteiger partial charge >= 0.3 is 7.60 Å². The number of rotatable bonds is 3. The average Bonchev–Trinajstić information content (AvgIpc) is 2.58. The Labute approximate surface area is 101 Å². The molecule has 0 radical (unpaired) electrons. The topological polar surface area (TPSA) is 106 Å². The second-order valence-electron chi connectivity index (χ2n) is 3.55. The summed E-state index contributed by atoms with van der Waals surface area (Å²) in [7, 11) is -4.19. The number of nitrogens with zero attached hydrogens (tertiary/aromatic N) is 1. The molecule has 1 aromatic carbocycles. The third kappa shape index (κ3) is 2.76. The molecule has 0 unspecified atom stereocenters. The molecule has 92 valence electrons. The van der Waals surface area contributed by atoms with Crippen LogP contribution in [0.25, 0.3) is 10.2 Å². The van der Waals surface area contributed by atoms with E-state index in [-0.39, 0.29) is 0 Å². The predicted octanol–water partition coefficient (Wildman–Crippen LogP) is 1.70. The maximum absolute atomic E-state index is 10.7. The van der Waals surface area contributed by atoms with Gasteiger partial charge in [0.25, 0.3) is 0 Å². The first kappa shape index (κ1) is 12.3. The Balaban J connectivity index is 2.41. The average molecular weight is 274 g/mol. The van der Waals surface area contributed by atoms with Gasteiger partial charge in [-0.2, -0.15) is 0 Å². The Kier molecular flexibility index (Phi) is 3.09. The summed E-state index contributed by atoms with van der Waals surface area (Å²) >= 11 is 1.32. The molecular weight excluding hydrogens is 263 g/mol. The molecule has 8 heteroatoms. The first-order valence-corrected chi connectivity index (χ1v) is 7.31. The smallest absolute Gasteiger partial charge is 0.362 e. The molecule has 0 atom stereocenters. The predicted molar refractivity (Wildman–Crippen MR) is 66.3 cm³/mol. The molecule has 0 saturated heterocycles. The third-order valence-electron chi connectivity index (χ3n) is 2.11. The summed E-state index contributed by atoms with van der Waals surface area (Å²) in [6.45, 7) is 1.91. The molecule has 2 aromatic rings. The minimum Gasteiger partial charge on any atom is -0.479 e. The van der Waals surface area contributed by atoms with Gasteiger partial charge in [-0.05, 0) is 18.6 Å². The number of hydrogen-bond donors (Lipinski definition) is 3. The van der Waals surface area contributed by atoms with E-state index in [0.29, 0.717) is 16.4 Å². The second-order valence-corrected chi connectivity index (χ2v) is 6.17. The molecule has 1 heterocycles. The van der Waals surface area contributed by atoms with E-state index in [9.17, 15) is 4.57 Å². The molecule has 0 aliphatic heterocycles. The molecule has 0 aliphatic carbocycles. The number of aromatic nitrogens is 1. The first-order chi connectivity index (χ1) is 7.87. The molecule has 17 heavy (non-hydrogen) atoms. The summed E-state index contributed by atoms with van der Waals surface area (Å²) in [6, 6.07) is 3.43. The largest absolute Gasteiger partial charge is 0.479 e. The van der Waals surface area contributed by atoms with Gasteiger partial charge < -0.3 is 20.3 Å². The van der Waals surface area contributed by atoms with Crippen LogP contribution in [-0.2, 0) is 4.57 Å². The molecular formula is C9H11N2O4PS. The van der Waals surface area contributed by atoms with E-state index in [0.717, 1.165) is 10.3 Å². The fourth-order valence-corrected chi connectivity index (χ4v) is 2.52. The van der Waals surface area contributed by atoms with Gasteiger partial charge in [-0.3, -0.25) is 4.57 Å². The molecule has 0 fully saturated rings. The molecule has 0 saturated carbocycles. The highest BCUT2D eigenvalue weighted by molar-refractivity contribution is 7.51. The van der Waals surface area contributed by atoms with E-state index < -0.39 is 13.9 Å². The zero-order chi connectivity index (χ0) is 12.6. The highest BCUT2D eigenvalue weighted by Crippen LogP contribution is 2.38. The molecule has 1 aromatic heterocycles. The highest BCUT2D eigenvalue weighted by Gasteiger charge is 2.16. The Morgan fingerprint density at radius 2 is 2.24 bits per heavy atom. The maximum Gasteiger partial charge on any atom is 0.362 e. The summed E-state index contributed by atoms with van der Waals surface area (Å²) in [5.41, 5.74) is 7.15. The van der Waals surface area contributed by atoms with Crippen LogP contribution in [0, 0.1) is 6.92 Å². The number of fused-ring (bicyclic) bond motifs is 1. The standard InChI is InChI=1S/C9H11N2O4PS/c1-5-2-3-6(15-4-16(12,13)14)7-8(5)17-9(10)11-7/h2-3H,4H2,1H3,(H2,10,11)(H2,12,13,14). The fraction of sp³-hybridized carbons (Fsp3) is 0.222. The van der Waals surface area contributed by atoms with E-state index in [4.69, 9.17) is 20.3 Å². The van der Waals surface area contributed by atoms with Crippen LogP contribution in [0.4, 0.5) is 5.13 Å². The van der Waals surface area contributed by atoms with Crippen molar-refractivity contribution in [1.29, 1.82) is 0 Å². The van der Waals surface area contributed by atoms with E-state index in [1.165, 1.54) is 11.3 Å². The number of nitrogen functional groups attached to an aromatic ring is 1. The number of anilines is 1. The normalized spacial score (nSPS) is 11.9. The Bertz CT molecular complexity index is 606. The van der Waals surface area contributed by atoms with Crippen LogP contribution >= 0.6 is 18.9 Å². The lowest BCUT2D eigenvalue weighted by Gasteiger charge is -2.08. The van der Waals surface area contributed by atoms with E-state index >= 15 is 0 Å². The molecule has 6 nitrogen and oxygen atoms in total. The number of hydrogen-bond acceptors (Lipinski definition) is 5. The maximum atomic E-state index is 10.7. The van der Waals surface area contributed by atoms with Crippen molar-refractivity contribution in [3.63, 3.8) is 0 Å². The van der Waals surface area contributed by atoms with Crippen LogP contribution in [0.1, 0.15) is 5.56 Å². The Morgan fingerprint density at radius 1 is 1.53 bits per heavy atom. The summed E-state index contributed by atoms with van der Waals surface area (Å²) < 4.78 is 16.7. The quantitative estimate of drug-likeness (QED) is 0.735. The number of nitrogens with two attached hydrogens (primary N) is 1. The van der Waals surface area contributed by atoms with Crippen LogP contribution < -0.4 is 10.5 Å². The van der Waals surface area contributed by atoms with Crippen molar-refractivity contribution in [2.75, 3.05) is 12.1 Å². The van der Waals surface area contributed by atoms with Gasteiger partial charge in [-0.1, -0.05) is 17.4 Å². The Morgan fingerprint density at radius 3 is 2.88 bits per heavy atom. The van der Waals surface area contributed by atoms with E-state index in [2.05, 4.69) is 4.98 Å². The van der Waals surface area contributed by atoms with Crippen molar-refractivity contribution in [2.24, 2.45) is 0 Å². The third-order valence-corrected chi connectivity index (χ3v) is 3.59. The zero-order valence-electron chi connectivity index (χ0n) is 8.95. The summed E-state index contributed by atoms with van der Waals surface area (Å²) in [6.07, 6.45) is -0.664. The van der Waals surface area contributed by atoms with E-state index in [1.54, 1.807) is 12.1 Å². The molecule has 0 bridgehead atoms. The summed E-state index contributed by atoms with van der Waals surface area (Å²) in [5.74, 6) is 0.335. The van der Waals surface area contributed by atoms with Crippen LogP contribution in [0.5, 0.6) is 5.75 Å². The molecule has 0 spiro atoms. The molecule has 0 aliphatic rings. The first-order valence-electron chi connectivity index (χ1n) is 4.70. The van der Waals surface area contributed by atoms with Gasteiger partial charge in [0.15, 0.2) is 11.5 Å². The lowest BCUT2D eigenvalue weighted by Crippen LogP contribution is -1.98. The summed E-state index contributed by atoms with van der Waals surface area (Å²) in [5, 5.41) is 0.398. The molecule has 2 rings (SSSR count). The van der Waals surface area contributed by atoms with Gasteiger partial charge in [0.2, 0.25) is 0 Å². The van der Waals surface area contributed by atoms with Crippen LogP contribution in [-0.4, -0.2) is 21.1 Å². The van der Waals surface area contributed by atoms with Gasteiger partial charge in [0.05, 0.1) is 4.70 Å². The van der Waals surface area contributed by atoms with Gasteiger partial charge in [0.1, 0.15) is 11.3 Å². The van der Waals surface area contributed by atoms with Crippen molar-refractivity contribution in [3.8, 4) is 5.75 Å². The van der Waals surface area contributed by atoms with Crippen molar-refractivity contribution >= 4 is 34.3 Å². The molecule has 0 amide bonds. The van der Waals surface area contributed by atoms with Crippen molar-refractivity contribution in [1.82, 2.24) is 4.98 Å². The SMILES string of the molecule is Cc1ccc(OCP(=O)(O)O)c2nc(N)sc12.